The summed E-state index contributed by atoms with van der Waals surface area (Å²) >= 11 is 0. The zero-order chi connectivity index (χ0) is 14.3. The molecule has 1 aromatic carbocycles. The van der Waals surface area contributed by atoms with Crippen molar-refractivity contribution in [1.82, 2.24) is 5.32 Å². The second-order valence-electron chi connectivity index (χ2n) is 5.44. The first kappa shape index (κ1) is 16.0. The highest BCUT2D eigenvalue weighted by Gasteiger charge is 2.21. The highest BCUT2D eigenvalue weighted by Crippen LogP contribution is 2.32. The highest BCUT2D eigenvalue weighted by molar-refractivity contribution is 5.39. The van der Waals surface area contributed by atoms with Crippen LogP contribution in [0.3, 0.4) is 0 Å². The Kier molecular flexibility index (Phi) is 6.93. The fraction of sp³-hybridized carbons (Fsp3) is 0.647. The van der Waals surface area contributed by atoms with Gasteiger partial charge in [-0.1, -0.05) is 39.3 Å². The maximum absolute atomic E-state index is 5.58. The first-order valence-electron chi connectivity index (χ1n) is 7.51. The maximum atomic E-state index is 5.58. The van der Waals surface area contributed by atoms with Gasteiger partial charge in [0.25, 0.3) is 0 Å². The fourth-order valence-electron chi connectivity index (χ4n) is 2.61. The van der Waals surface area contributed by atoms with Crippen LogP contribution in [0.4, 0.5) is 0 Å². The number of methoxy groups -OCH3 is 1. The minimum atomic E-state index is 0.385. The lowest BCUT2D eigenvalue weighted by Crippen LogP contribution is -2.28. The Hall–Kier alpha value is -1.02. The van der Waals surface area contributed by atoms with Crippen molar-refractivity contribution in [3.8, 4) is 5.75 Å². The van der Waals surface area contributed by atoms with E-state index in [1.54, 1.807) is 7.11 Å². The van der Waals surface area contributed by atoms with Crippen molar-refractivity contribution in [2.45, 2.75) is 53.0 Å². The third-order valence-corrected chi connectivity index (χ3v) is 3.65. The monoisotopic (exact) mass is 263 g/mol. The minimum Gasteiger partial charge on any atom is -0.496 e. The molecule has 0 aliphatic heterocycles. The van der Waals surface area contributed by atoms with Crippen LogP contribution in [0.1, 0.15) is 57.2 Å². The van der Waals surface area contributed by atoms with Crippen molar-refractivity contribution in [3.63, 3.8) is 0 Å². The van der Waals surface area contributed by atoms with Crippen molar-refractivity contribution in [2.24, 2.45) is 5.92 Å². The smallest absolute Gasteiger partial charge is 0.123 e. The van der Waals surface area contributed by atoms with Crippen LogP contribution in [0.2, 0.25) is 0 Å². The normalized spacial score (nSPS) is 14.2. The summed E-state index contributed by atoms with van der Waals surface area (Å²) in [5.74, 6) is 1.63. The molecular formula is C17H29NO. The summed E-state index contributed by atoms with van der Waals surface area (Å²) in [6.07, 6.45) is 3.61. The van der Waals surface area contributed by atoms with E-state index in [1.807, 2.05) is 0 Å². The molecule has 0 aliphatic rings. The maximum Gasteiger partial charge on any atom is 0.123 e. The van der Waals surface area contributed by atoms with E-state index in [4.69, 9.17) is 4.74 Å². The SMILES string of the molecule is CCCNC(c1ccc(C)cc1OC)C(C)CCC. The van der Waals surface area contributed by atoms with E-state index in [-0.39, 0.29) is 0 Å². The topological polar surface area (TPSA) is 21.3 Å². The molecule has 1 rings (SSSR count). The van der Waals surface area contributed by atoms with E-state index in [0.29, 0.717) is 12.0 Å². The van der Waals surface area contributed by atoms with E-state index < -0.39 is 0 Å². The number of benzene rings is 1. The first-order valence-corrected chi connectivity index (χ1v) is 7.51. The Bertz CT molecular complexity index is 376. The van der Waals surface area contributed by atoms with Gasteiger partial charge in [-0.25, -0.2) is 0 Å². The number of aryl methyl sites for hydroxylation is 1. The quantitative estimate of drug-likeness (QED) is 0.746. The summed E-state index contributed by atoms with van der Waals surface area (Å²) < 4.78 is 5.58. The van der Waals surface area contributed by atoms with E-state index >= 15 is 0 Å². The van der Waals surface area contributed by atoms with Gasteiger partial charge in [0.1, 0.15) is 5.75 Å². The van der Waals surface area contributed by atoms with Crippen LogP contribution in [-0.2, 0) is 0 Å². The van der Waals surface area contributed by atoms with Gasteiger partial charge in [0.2, 0.25) is 0 Å². The molecule has 2 heteroatoms. The summed E-state index contributed by atoms with van der Waals surface area (Å²) in [4.78, 5) is 0. The first-order chi connectivity index (χ1) is 9.13. The molecule has 0 saturated carbocycles. The summed E-state index contributed by atoms with van der Waals surface area (Å²) in [6, 6.07) is 6.91. The molecule has 108 valence electrons. The Morgan fingerprint density at radius 3 is 2.53 bits per heavy atom. The number of ether oxygens (including phenoxy) is 1. The van der Waals surface area contributed by atoms with E-state index in [2.05, 4.69) is 51.2 Å². The molecule has 0 bridgehead atoms. The van der Waals surface area contributed by atoms with Crippen LogP contribution in [0.25, 0.3) is 0 Å². The molecule has 0 saturated heterocycles. The van der Waals surface area contributed by atoms with Crippen LogP contribution in [-0.4, -0.2) is 13.7 Å². The van der Waals surface area contributed by atoms with Gasteiger partial charge in [-0.3, -0.25) is 0 Å². The Morgan fingerprint density at radius 1 is 1.21 bits per heavy atom. The molecule has 19 heavy (non-hydrogen) atoms. The van der Waals surface area contributed by atoms with Gasteiger partial charge in [0, 0.05) is 11.6 Å². The van der Waals surface area contributed by atoms with Gasteiger partial charge in [0.15, 0.2) is 0 Å². The fourth-order valence-corrected chi connectivity index (χ4v) is 2.61. The molecule has 2 atom stereocenters. The van der Waals surface area contributed by atoms with Crippen LogP contribution in [0.5, 0.6) is 5.75 Å². The molecule has 0 radical (unpaired) electrons. The van der Waals surface area contributed by atoms with E-state index in [9.17, 15) is 0 Å². The van der Waals surface area contributed by atoms with E-state index in [1.165, 1.54) is 24.0 Å². The molecule has 0 aromatic heterocycles. The molecule has 1 N–H and O–H groups in total. The third kappa shape index (κ3) is 4.54. The molecule has 2 nitrogen and oxygen atoms in total. The zero-order valence-corrected chi connectivity index (χ0v) is 13.1. The third-order valence-electron chi connectivity index (χ3n) is 3.65. The van der Waals surface area contributed by atoms with Crippen molar-refractivity contribution in [1.29, 1.82) is 0 Å². The highest BCUT2D eigenvalue weighted by atomic mass is 16.5. The predicted octanol–water partition coefficient (Wildman–Crippen LogP) is 4.48. The summed E-state index contributed by atoms with van der Waals surface area (Å²) in [7, 11) is 1.76. The number of nitrogens with one attached hydrogen (secondary N) is 1. The number of rotatable bonds is 8. The molecule has 0 spiro atoms. The summed E-state index contributed by atoms with van der Waals surface area (Å²) in [6.45, 7) is 9.95. The summed E-state index contributed by atoms with van der Waals surface area (Å²) in [5.41, 5.74) is 2.54. The second-order valence-corrected chi connectivity index (χ2v) is 5.44. The Balaban J connectivity index is 3.01. The van der Waals surface area contributed by atoms with Gasteiger partial charge in [-0.05, 0) is 43.9 Å². The van der Waals surface area contributed by atoms with E-state index in [0.717, 1.165) is 18.7 Å². The van der Waals surface area contributed by atoms with Crippen LogP contribution in [0.15, 0.2) is 18.2 Å². The Morgan fingerprint density at radius 2 is 1.95 bits per heavy atom. The molecule has 0 amide bonds. The van der Waals surface area contributed by atoms with Gasteiger partial charge in [0.05, 0.1) is 7.11 Å². The van der Waals surface area contributed by atoms with Gasteiger partial charge >= 0.3 is 0 Å². The standard InChI is InChI=1S/C17H29NO/c1-6-8-14(4)17(18-11-7-2)15-10-9-13(3)12-16(15)19-5/h9-10,12,14,17-18H,6-8,11H2,1-5H3. The van der Waals surface area contributed by atoms with Crippen molar-refractivity contribution in [2.75, 3.05) is 13.7 Å². The van der Waals surface area contributed by atoms with Crippen LogP contribution >= 0.6 is 0 Å². The lowest BCUT2D eigenvalue weighted by Gasteiger charge is -2.27. The largest absolute Gasteiger partial charge is 0.496 e. The van der Waals surface area contributed by atoms with Gasteiger partial charge < -0.3 is 10.1 Å². The average molecular weight is 263 g/mol. The van der Waals surface area contributed by atoms with Crippen LogP contribution in [0, 0.1) is 12.8 Å². The van der Waals surface area contributed by atoms with Crippen molar-refractivity contribution >= 4 is 0 Å². The van der Waals surface area contributed by atoms with Crippen molar-refractivity contribution in [3.05, 3.63) is 29.3 Å². The van der Waals surface area contributed by atoms with Gasteiger partial charge in [-0.2, -0.15) is 0 Å². The zero-order valence-electron chi connectivity index (χ0n) is 13.1. The molecule has 0 heterocycles. The molecule has 0 aliphatic carbocycles. The second kappa shape index (κ2) is 8.21. The molecule has 1 aromatic rings. The lowest BCUT2D eigenvalue weighted by atomic mass is 9.90. The number of hydrogen-bond donors (Lipinski definition) is 1. The Labute approximate surface area is 118 Å². The predicted molar refractivity (Wildman–Crippen MR) is 82.8 cm³/mol. The van der Waals surface area contributed by atoms with Gasteiger partial charge in [-0.15, -0.1) is 0 Å². The van der Waals surface area contributed by atoms with Crippen LogP contribution < -0.4 is 10.1 Å². The number of hydrogen-bond acceptors (Lipinski definition) is 2. The molecular weight excluding hydrogens is 234 g/mol. The minimum absolute atomic E-state index is 0.385. The molecule has 0 fully saturated rings. The lowest BCUT2D eigenvalue weighted by molar-refractivity contribution is 0.342. The average Bonchev–Trinajstić information content (AvgIpc) is 2.40. The van der Waals surface area contributed by atoms with Crippen molar-refractivity contribution < 1.29 is 4.74 Å². The summed E-state index contributed by atoms with van der Waals surface area (Å²) in [5, 5.41) is 3.68. The molecule has 2 unspecified atom stereocenters.